The number of carbonyl (C=O) groups excluding carboxylic acids is 1. The molecule has 0 aliphatic heterocycles. The van der Waals surface area contributed by atoms with E-state index in [1.54, 1.807) is 55.5 Å². The first-order valence-corrected chi connectivity index (χ1v) is 6.59. The van der Waals surface area contributed by atoms with E-state index in [1.165, 1.54) is 0 Å². The van der Waals surface area contributed by atoms with E-state index in [9.17, 15) is 4.79 Å². The first-order chi connectivity index (χ1) is 10.1. The van der Waals surface area contributed by atoms with Crippen molar-refractivity contribution in [1.29, 1.82) is 0 Å². The molecule has 2 amide bonds. The number of halogens is 1. The molecular formula is C15H14ClN3O2. The summed E-state index contributed by atoms with van der Waals surface area (Å²) in [7, 11) is 0. The summed E-state index contributed by atoms with van der Waals surface area (Å²) in [4.78, 5) is 11.9. The topological polar surface area (TPSA) is 73.7 Å². The van der Waals surface area contributed by atoms with Gasteiger partial charge in [0, 0.05) is 22.0 Å². The van der Waals surface area contributed by atoms with Crippen LogP contribution < -0.4 is 10.6 Å². The lowest BCUT2D eigenvalue weighted by atomic mass is 10.1. The van der Waals surface area contributed by atoms with E-state index in [2.05, 4.69) is 15.8 Å². The fraction of sp³-hybridized carbons (Fsp3) is 0.0667. The van der Waals surface area contributed by atoms with E-state index in [4.69, 9.17) is 16.8 Å². The van der Waals surface area contributed by atoms with Crippen molar-refractivity contribution < 1.29 is 10.0 Å². The number of urea groups is 1. The Morgan fingerprint density at radius 1 is 1.10 bits per heavy atom. The Balaban J connectivity index is 2.06. The molecule has 0 aliphatic carbocycles. The van der Waals surface area contributed by atoms with Gasteiger partial charge >= 0.3 is 6.03 Å². The quantitative estimate of drug-likeness (QED) is 0.452. The summed E-state index contributed by atoms with van der Waals surface area (Å²) < 4.78 is 0. The van der Waals surface area contributed by atoms with Crippen LogP contribution in [0.25, 0.3) is 0 Å². The predicted molar refractivity (Wildman–Crippen MR) is 84.5 cm³/mol. The van der Waals surface area contributed by atoms with Gasteiger partial charge in [0.15, 0.2) is 0 Å². The highest BCUT2D eigenvalue weighted by atomic mass is 35.5. The Labute approximate surface area is 127 Å². The lowest BCUT2D eigenvalue weighted by Gasteiger charge is -2.09. The van der Waals surface area contributed by atoms with Crippen LogP contribution in [0.3, 0.4) is 0 Å². The Morgan fingerprint density at radius 3 is 2.33 bits per heavy atom. The van der Waals surface area contributed by atoms with Crippen molar-refractivity contribution in [3.05, 3.63) is 59.1 Å². The van der Waals surface area contributed by atoms with Crippen LogP contribution in [0.4, 0.5) is 16.2 Å². The molecule has 0 spiro atoms. The molecule has 2 rings (SSSR count). The van der Waals surface area contributed by atoms with Crippen LogP contribution in [0.2, 0.25) is 5.02 Å². The van der Waals surface area contributed by atoms with E-state index in [0.717, 1.165) is 5.56 Å². The molecule has 0 bridgehead atoms. The monoisotopic (exact) mass is 303 g/mol. The zero-order chi connectivity index (χ0) is 15.2. The number of nitrogens with one attached hydrogen (secondary N) is 2. The Hall–Kier alpha value is -2.53. The fourth-order valence-electron chi connectivity index (χ4n) is 1.74. The SMILES string of the molecule is C/C(=N\O)c1cccc(NC(=O)Nc2cccc(Cl)c2)c1. The number of anilines is 2. The van der Waals surface area contributed by atoms with Gasteiger partial charge in [-0.15, -0.1) is 0 Å². The van der Waals surface area contributed by atoms with Crippen LogP contribution in [0, 0.1) is 0 Å². The maximum absolute atomic E-state index is 11.9. The average Bonchev–Trinajstić information content (AvgIpc) is 2.46. The third-order valence-corrected chi connectivity index (χ3v) is 3.01. The third-order valence-electron chi connectivity index (χ3n) is 2.77. The molecule has 5 nitrogen and oxygen atoms in total. The van der Waals surface area contributed by atoms with Crippen molar-refractivity contribution in [2.75, 3.05) is 10.6 Å². The van der Waals surface area contributed by atoms with E-state index >= 15 is 0 Å². The van der Waals surface area contributed by atoms with Gasteiger partial charge in [0.25, 0.3) is 0 Å². The van der Waals surface area contributed by atoms with E-state index in [1.807, 2.05) is 0 Å². The maximum atomic E-state index is 11.9. The van der Waals surface area contributed by atoms with Gasteiger partial charge in [-0.1, -0.05) is 35.0 Å². The van der Waals surface area contributed by atoms with Crippen LogP contribution in [0.5, 0.6) is 0 Å². The van der Waals surface area contributed by atoms with Gasteiger partial charge in [0.05, 0.1) is 5.71 Å². The van der Waals surface area contributed by atoms with Crippen LogP contribution in [-0.4, -0.2) is 17.0 Å². The van der Waals surface area contributed by atoms with Crippen molar-refractivity contribution in [3.8, 4) is 0 Å². The first kappa shape index (κ1) is 14.9. The second-order valence-corrected chi connectivity index (χ2v) is 4.79. The average molecular weight is 304 g/mol. The molecule has 2 aromatic rings. The minimum Gasteiger partial charge on any atom is -0.411 e. The maximum Gasteiger partial charge on any atom is 0.323 e. The summed E-state index contributed by atoms with van der Waals surface area (Å²) in [6.45, 7) is 1.67. The summed E-state index contributed by atoms with van der Waals surface area (Å²) in [6, 6.07) is 13.5. The molecule has 0 aliphatic rings. The lowest BCUT2D eigenvalue weighted by molar-refractivity contribution is 0.262. The minimum atomic E-state index is -0.381. The second-order valence-electron chi connectivity index (χ2n) is 4.36. The third kappa shape index (κ3) is 4.22. The minimum absolute atomic E-state index is 0.381. The summed E-state index contributed by atoms with van der Waals surface area (Å²) >= 11 is 5.85. The standard InChI is InChI=1S/C15H14ClN3O2/c1-10(19-21)11-4-2-6-13(8-11)17-15(20)18-14-7-3-5-12(16)9-14/h2-9,21H,1H3,(H2,17,18,20)/b19-10+. The molecule has 0 atom stereocenters. The summed E-state index contributed by atoms with van der Waals surface area (Å²) in [5.41, 5.74) is 2.38. The molecule has 21 heavy (non-hydrogen) atoms. The Morgan fingerprint density at radius 2 is 1.71 bits per heavy atom. The molecular weight excluding hydrogens is 290 g/mol. The predicted octanol–water partition coefficient (Wildman–Crippen LogP) is 4.18. The molecule has 0 fully saturated rings. The fourth-order valence-corrected chi connectivity index (χ4v) is 1.93. The summed E-state index contributed by atoms with van der Waals surface area (Å²) in [6.07, 6.45) is 0. The van der Waals surface area contributed by atoms with Crippen LogP contribution in [0.1, 0.15) is 12.5 Å². The second kappa shape index (κ2) is 6.76. The summed E-state index contributed by atoms with van der Waals surface area (Å²) in [5.74, 6) is 0. The number of amides is 2. The number of oxime groups is 1. The van der Waals surface area contributed by atoms with Gasteiger partial charge < -0.3 is 15.8 Å². The molecule has 0 heterocycles. The Bertz CT molecular complexity index is 686. The van der Waals surface area contributed by atoms with Crippen molar-refractivity contribution in [3.63, 3.8) is 0 Å². The molecule has 0 aromatic heterocycles. The van der Waals surface area contributed by atoms with Gasteiger partial charge in [0.1, 0.15) is 0 Å². The molecule has 6 heteroatoms. The largest absolute Gasteiger partial charge is 0.411 e. The van der Waals surface area contributed by atoms with E-state index < -0.39 is 0 Å². The highest BCUT2D eigenvalue weighted by Crippen LogP contribution is 2.16. The number of benzene rings is 2. The number of hydrogen-bond acceptors (Lipinski definition) is 3. The van der Waals surface area contributed by atoms with Crippen molar-refractivity contribution in [2.45, 2.75) is 6.92 Å². The highest BCUT2D eigenvalue weighted by Gasteiger charge is 2.05. The number of hydrogen-bond donors (Lipinski definition) is 3. The molecule has 0 saturated heterocycles. The van der Waals surface area contributed by atoms with Crippen LogP contribution in [0.15, 0.2) is 53.7 Å². The number of rotatable bonds is 3. The van der Waals surface area contributed by atoms with E-state index in [0.29, 0.717) is 22.1 Å². The van der Waals surface area contributed by atoms with Gasteiger partial charge in [-0.25, -0.2) is 4.79 Å². The van der Waals surface area contributed by atoms with Crippen molar-refractivity contribution >= 4 is 34.7 Å². The van der Waals surface area contributed by atoms with Crippen molar-refractivity contribution in [2.24, 2.45) is 5.16 Å². The van der Waals surface area contributed by atoms with E-state index in [-0.39, 0.29) is 6.03 Å². The van der Waals surface area contributed by atoms with Gasteiger partial charge in [0.2, 0.25) is 0 Å². The number of nitrogens with zero attached hydrogens (tertiary/aromatic N) is 1. The lowest BCUT2D eigenvalue weighted by Crippen LogP contribution is -2.19. The van der Waals surface area contributed by atoms with Crippen LogP contribution >= 0.6 is 11.6 Å². The van der Waals surface area contributed by atoms with Gasteiger partial charge in [-0.2, -0.15) is 0 Å². The highest BCUT2D eigenvalue weighted by molar-refractivity contribution is 6.30. The zero-order valence-electron chi connectivity index (χ0n) is 11.3. The molecule has 0 radical (unpaired) electrons. The first-order valence-electron chi connectivity index (χ1n) is 6.21. The summed E-state index contributed by atoms with van der Waals surface area (Å²) in [5, 5.41) is 17.8. The normalized spacial score (nSPS) is 11.0. The molecule has 2 aromatic carbocycles. The van der Waals surface area contributed by atoms with Crippen LogP contribution in [-0.2, 0) is 0 Å². The zero-order valence-corrected chi connectivity index (χ0v) is 12.1. The van der Waals surface area contributed by atoms with Gasteiger partial charge in [-0.3, -0.25) is 0 Å². The van der Waals surface area contributed by atoms with Crippen molar-refractivity contribution in [1.82, 2.24) is 0 Å². The molecule has 108 valence electrons. The molecule has 0 unspecified atom stereocenters. The Kier molecular flexibility index (Phi) is 4.79. The number of carbonyl (C=O) groups is 1. The van der Waals surface area contributed by atoms with Gasteiger partial charge in [-0.05, 0) is 37.3 Å². The molecule has 3 N–H and O–H groups in total. The smallest absolute Gasteiger partial charge is 0.323 e. The molecule has 0 saturated carbocycles.